The second kappa shape index (κ2) is 9.70. The van der Waals surface area contributed by atoms with Crippen molar-refractivity contribution in [2.24, 2.45) is 4.99 Å². The highest BCUT2D eigenvalue weighted by atomic mass is 35.5. The van der Waals surface area contributed by atoms with Gasteiger partial charge < -0.3 is 15.4 Å². The number of benzene rings is 1. The summed E-state index contributed by atoms with van der Waals surface area (Å²) in [6.45, 7) is 6.07. The molecule has 1 aliphatic heterocycles. The van der Waals surface area contributed by atoms with E-state index in [1.807, 2.05) is 0 Å². The molecule has 2 N–H and O–H groups in total. The van der Waals surface area contributed by atoms with Crippen LogP contribution in [0.5, 0.6) is 0 Å². The fraction of sp³-hybridized carbons (Fsp3) is 0.562. The van der Waals surface area contributed by atoms with Gasteiger partial charge in [-0.2, -0.15) is 0 Å². The molecule has 1 aliphatic rings. The van der Waals surface area contributed by atoms with Crippen molar-refractivity contribution in [2.75, 3.05) is 53.0 Å². The summed E-state index contributed by atoms with van der Waals surface area (Å²) in [6, 6.07) is 4.48. The Balaban J connectivity index is 1.66. The first kappa shape index (κ1) is 18.0. The molecule has 23 heavy (non-hydrogen) atoms. The minimum Gasteiger partial charge on any atom is -0.379 e. The molecule has 0 bridgehead atoms. The van der Waals surface area contributed by atoms with Crippen molar-refractivity contribution in [3.63, 3.8) is 0 Å². The zero-order valence-corrected chi connectivity index (χ0v) is 14.2. The number of aliphatic imine (C=N–C) groups is 1. The van der Waals surface area contributed by atoms with E-state index in [-0.39, 0.29) is 5.82 Å². The molecule has 0 unspecified atom stereocenters. The van der Waals surface area contributed by atoms with E-state index >= 15 is 0 Å². The van der Waals surface area contributed by atoms with E-state index in [0.29, 0.717) is 18.0 Å². The number of halogens is 2. The molecule has 0 atom stereocenters. The van der Waals surface area contributed by atoms with Gasteiger partial charge in [-0.05, 0) is 24.1 Å². The molecule has 0 spiro atoms. The highest BCUT2D eigenvalue weighted by Gasteiger charge is 2.09. The van der Waals surface area contributed by atoms with Crippen molar-refractivity contribution < 1.29 is 9.13 Å². The van der Waals surface area contributed by atoms with Crippen molar-refractivity contribution in [1.29, 1.82) is 0 Å². The van der Waals surface area contributed by atoms with Gasteiger partial charge in [-0.25, -0.2) is 4.39 Å². The molecule has 1 aromatic rings. The molecule has 1 fully saturated rings. The van der Waals surface area contributed by atoms with Crippen molar-refractivity contribution in [1.82, 2.24) is 15.5 Å². The second-order valence-corrected chi connectivity index (χ2v) is 5.77. The van der Waals surface area contributed by atoms with Gasteiger partial charge >= 0.3 is 0 Å². The van der Waals surface area contributed by atoms with Crippen molar-refractivity contribution >= 4 is 17.6 Å². The van der Waals surface area contributed by atoms with Crippen LogP contribution in [0.4, 0.5) is 4.39 Å². The van der Waals surface area contributed by atoms with E-state index < -0.39 is 0 Å². The predicted octanol–water partition coefficient (Wildman–Crippen LogP) is 1.52. The van der Waals surface area contributed by atoms with E-state index in [4.69, 9.17) is 16.3 Å². The quantitative estimate of drug-likeness (QED) is 0.608. The molecular formula is C16H24ClFN4O. The number of morpholine rings is 1. The zero-order chi connectivity index (χ0) is 16.5. The first-order chi connectivity index (χ1) is 11.2. The fourth-order valence-electron chi connectivity index (χ4n) is 2.42. The van der Waals surface area contributed by atoms with Gasteiger partial charge in [0.25, 0.3) is 0 Å². The highest BCUT2D eigenvalue weighted by Crippen LogP contribution is 2.17. The summed E-state index contributed by atoms with van der Waals surface area (Å²) >= 11 is 6.02. The molecule has 5 nitrogen and oxygen atoms in total. The summed E-state index contributed by atoms with van der Waals surface area (Å²) in [6.07, 6.45) is 0.712. The molecule has 128 valence electrons. The summed E-state index contributed by atoms with van der Waals surface area (Å²) in [7, 11) is 1.74. The lowest BCUT2D eigenvalue weighted by Gasteiger charge is -2.26. The molecule has 0 amide bonds. The van der Waals surface area contributed by atoms with Crippen LogP contribution >= 0.6 is 11.6 Å². The van der Waals surface area contributed by atoms with Crippen LogP contribution in [-0.4, -0.2) is 63.8 Å². The third-order valence-corrected chi connectivity index (χ3v) is 4.10. The number of hydrogen-bond donors (Lipinski definition) is 2. The molecule has 7 heteroatoms. The van der Waals surface area contributed by atoms with Gasteiger partial charge in [-0.15, -0.1) is 0 Å². The topological polar surface area (TPSA) is 48.9 Å². The summed E-state index contributed by atoms with van der Waals surface area (Å²) in [5.41, 5.74) is 0.921. The van der Waals surface area contributed by atoms with Gasteiger partial charge in [0.1, 0.15) is 5.82 Å². The normalized spacial score (nSPS) is 16.4. The summed E-state index contributed by atoms with van der Waals surface area (Å²) in [5.74, 6) is 0.448. The van der Waals surface area contributed by atoms with Crippen LogP contribution in [-0.2, 0) is 11.2 Å². The van der Waals surface area contributed by atoms with Crippen LogP contribution in [0, 0.1) is 5.82 Å². The summed E-state index contributed by atoms with van der Waals surface area (Å²) in [5, 5.41) is 6.99. The predicted molar refractivity (Wildman–Crippen MR) is 91.7 cm³/mol. The summed E-state index contributed by atoms with van der Waals surface area (Å²) in [4.78, 5) is 6.56. The molecular weight excluding hydrogens is 319 g/mol. The Hall–Kier alpha value is -1.37. The molecule has 1 aromatic carbocycles. The third-order valence-electron chi connectivity index (χ3n) is 3.75. The van der Waals surface area contributed by atoms with Gasteiger partial charge in [0, 0.05) is 44.8 Å². The molecule has 1 saturated heterocycles. The minimum atomic E-state index is -0.313. The number of hydrogen-bond acceptors (Lipinski definition) is 3. The molecule has 0 aromatic heterocycles. The van der Waals surface area contributed by atoms with Gasteiger partial charge in [0.05, 0.1) is 13.2 Å². The van der Waals surface area contributed by atoms with E-state index in [1.54, 1.807) is 13.1 Å². The first-order valence-electron chi connectivity index (χ1n) is 7.87. The Morgan fingerprint density at radius 2 is 2.04 bits per heavy atom. The molecule has 0 saturated carbocycles. The average Bonchev–Trinajstić information content (AvgIpc) is 2.56. The second-order valence-electron chi connectivity index (χ2n) is 5.37. The van der Waals surface area contributed by atoms with Crippen LogP contribution in [0.15, 0.2) is 23.2 Å². The Morgan fingerprint density at radius 3 is 2.74 bits per heavy atom. The number of nitrogens with one attached hydrogen (secondary N) is 2. The van der Waals surface area contributed by atoms with Crippen LogP contribution in [0.3, 0.4) is 0 Å². The zero-order valence-electron chi connectivity index (χ0n) is 13.4. The molecule has 0 aliphatic carbocycles. The minimum absolute atomic E-state index is 0.313. The van der Waals surface area contributed by atoms with Gasteiger partial charge in [-0.1, -0.05) is 17.7 Å². The Bertz CT molecular complexity index is 521. The van der Waals surface area contributed by atoms with Crippen LogP contribution in [0.25, 0.3) is 0 Å². The van der Waals surface area contributed by atoms with Crippen LogP contribution < -0.4 is 10.6 Å². The maximum atomic E-state index is 13.0. The van der Waals surface area contributed by atoms with Crippen molar-refractivity contribution in [3.05, 3.63) is 34.6 Å². The largest absolute Gasteiger partial charge is 0.379 e. The third kappa shape index (κ3) is 6.33. The van der Waals surface area contributed by atoms with E-state index in [0.717, 1.165) is 50.9 Å². The van der Waals surface area contributed by atoms with Crippen molar-refractivity contribution in [3.8, 4) is 0 Å². The van der Waals surface area contributed by atoms with E-state index in [9.17, 15) is 4.39 Å². The lowest BCUT2D eigenvalue weighted by molar-refractivity contribution is 0.0389. The van der Waals surface area contributed by atoms with E-state index in [1.165, 1.54) is 12.1 Å². The Kier molecular flexibility index (Phi) is 7.58. The number of ether oxygens (including phenoxy) is 1. The SMILES string of the molecule is CN=C(NCCc1ccc(F)cc1Cl)NCCN1CCOCC1. The smallest absolute Gasteiger partial charge is 0.191 e. The first-order valence-corrected chi connectivity index (χ1v) is 8.25. The monoisotopic (exact) mass is 342 g/mol. The highest BCUT2D eigenvalue weighted by molar-refractivity contribution is 6.31. The van der Waals surface area contributed by atoms with Gasteiger partial charge in [0.15, 0.2) is 5.96 Å². The Morgan fingerprint density at radius 1 is 1.30 bits per heavy atom. The summed E-state index contributed by atoms with van der Waals surface area (Å²) < 4.78 is 18.3. The van der Waals surface area contributed by atoms with E-state index in [2.05, 4.69) is 20.5 Å². The Labute approximate surface area is 141 Å². The number of rotatable bonds is 6. The maximum Gasteiger partial charge on any atom is 0.191 e. The van der Waals surface area contributed by atoms with Crippen molar-refractivity contribution in [2.45, 2.75) is 6.42 Å². The molecule has 1 heterocycles. The molecule has 0 radical (unpaired) electrons. The van der Waals surface area contributed by atoms with Gasteiger partial charge in [0.2, 0.25) is 0 Å². The van der Waals surface area contributed by atoms with Gasteiger partial charge in [-0.3, -0.25) is 9.89 Å². The fourth-order valence-corrected chi connectivity index (χ4v) is 2.68. The molecule has 2 rings (SSSR count). The standard InChI is InChI=1S/C16H24ClFN4O/c1-19-16(21-6-7-22-8-10-23-11-9-22)20-5-4-13-2-3-14(18)12-15(13)17/h2-3,12H,4-11H2,1H3,(H2,19,20,21). The number of nitrogens with zero attached hydrogens (tertiary/aromatic N) is 2. The van der Waals surface area contributed by atoms with Crippen LogP contribution in [0.2, 0.25) is 5.02 Å². The number of guanidine groups is 1. The lowest BCUT2D eigenvalue weighted by atomic mass is 10.1. The maximum absolute atomic E-state index is 13.0. The average molecular weight is 343 g/mol. The lowest BCUT2D eigenvalue weighted by Crippen LogP contribution is -2.44. The van der Waals surface area contributed by atoms with Crippen LogP contribution in [0.1, 0.15) is 5.56 Å².